The number of nitrogens with zero attached hydrogens (tertiary/aromatic N) is 2. The van der Waals surface area contributed by atoms with Crippen molar-refractivity contribution in [1.29, 1.82) is 0 Å². The highest BCUT2D eigenvalue weighted by Gasteiger charge is 2.13. The van der Waals surface area contributed by atoms with Gasteiger partial charge in [0.15, 0.2) is 11.5 Å². The number of aromatic nitrogens is 2. The van der Waals surface area contributed by atoms with Crippen LogP contribution in [0, 0.1) is 0 Å². The SMILES string of the molecule is COc1cc2ncn(-c3cc(OCc4c(Cl)cccc4Cl)cs3)c2cc1OC. The van der Waals surface area contributed by atoms with Crippen molar-refractivity contribution in [2.24, 2.45) is 0 Å². The first-order valence-electron chi connectivity index (χ1n) is 8.34. The van der Waals surface area contributed by atoms with Gasteiger partial charge in [0.05, 0.1) is 25.3 Å². The minimum atomic E-state index is 0.296. The zero-order chi connectivity index (χ0) is 19.7. The fraction of sp³-hybridized carbons (Fsp3) is 0.150. The van der Waals surface area contributed by atoms with Crippen LogP contribution in [0.1, 0.15) is 5.56 Å². The molecule has 0 N–H and O–H groups in total. The van der Waals surface area contributed by atoms with Gasteiger partial charge in [-0.3, -0.25) is 4.57 Å². The zero-order valence-electron chi connectivity index (χ0n) is 15.1. The summed E-state index contributed by atoms with van der Waals surface area (Å²) >= 11 is 14.0. The molecule has 5 nitrogen and oxygen atoms in total. The molecule has 2 heterocycles. The summed E-state index contributed by atoms with van der Waals surface area (Å²) in [7, 11) is 3.22. The molecule has 144 valence electrons. The Bertz CT molecular complexity index is 1120. The second-order valence-corrected chi connectivity index (χ2v) is 7.62. The molecule has 0 unspecified atom stereocenters. The highest BCUT2D eigenvalue weighted by Crippen LogP contribution is 2.35. The summed E-state index contributed by atoms with van der Waals surface area (Å²) in [5.74, 6) is 2.03. The Hall–Kier alpha value is -2.41. The van der Waals surface area contributed by atoms with Crippen LogP contribution in [0.5, 0.6) is 17.2 Å². The molecule has 4 aromatic rings. The lowest BCUT2D eigenvalue weighted by molar-refractivity contribution is 0.307. The fourth-order valence-electron chi connectivity index (χ4n) is 2.85. The van der Waals surface area contributed by atoms with Crippen LogP contribution in [-0.4, -0.2) is 23.8 Å². The van der Waals surface area contributed by atoms with Crippen molar-refractivity contribution in [3.63, 3.8) is 0 Å². The summed E-state index contributed by atoms with van der Waals surface area (Å²) in [6, 6.07) is 11.1. The molecule has 2 aromatic heterocycles. The number of hydrogen-bond acceptors (Lipinski definition) is 5. The molecule has 0 saturated heterocycles. The Balaban J connectivity index is 1.61. The lowest BCUT2D eigenvalue weighted by Crippen LogP contribution is -1.96. The monoisotopic (exact) mass is 434 g/mol. The summed E-state index contributed by atoms with van der Waals surface area (Å²) in [5, 5.41) is 4.08. The van der Waals surface area contributed by atoms with E-state index in [1.54, 1.807) is 44.0 Å². The van der Waals surface area contributed by atoms with Crippen LogP contribution >= 0.6 is 34.5 Å². The van der Waals surface area contributed by atoms with E-state index in [1.807, 2.05) is 34.2 Å². The molecule has 0 aliphatic rings. The predicted molar refractivity (Wildman–Crippen MR) is 113 cm³/mol. The molecule has 28 heavy (non-hydrogen) atoms. The van der Waals surface area contributed by atoms with Crippen molar-refractivity contribution in [3.05, 3.63) is 63.7 Å². The Kier molecular flexibility index (Phi) is 5.35. The van der Waals surface area contributed by atoms with Crippen LogP contribution in [0.2, 0.25) is 10.0 Å². The molecule has 4 rings (SSSR count). The van der Waals surface area contributed by atoms with Crippen LogP contribution in [0.3, 0.4) is 0 Å². The van der Waals surface area contributed by atoms with Crippen molar-refractivity contribution in [1.82, 2.24) is 9.55 Å². The number of thiophene rings is 1. The van der Waals surface area contributed by atoms with Crippen LogP contribution in [0.15, 0.2) is 48.1 Å². The van der Waals surface area contributed by atoms with Crippen LogP contribution in [-0.2, 0) is 6.61 Å². The first kappa shape index (κ1) is 18.9. The second kappa shape index (κ2) is 7.91. The first-order valence-corrected chi connectivity index (χ1v) is 9.98. The summed E-state index contributed by atoms with van der Waals surface area (Å²) < 4.78 is 18.6. The molecular formula is C20H16Cl2N2O3S. The second-order valence-electron chi connectivity index (χ2n) is 5.92. The molecule has 0 aliphatic heterocycles. The molecular weight excluding hydrogens is 419 g/mol. The molecule has 8 heteroatoms. The Labute approximate surface area is 176 Å². The molecule has 0 aliphatic carbocycles. The minimum absolute atomic E-state index is 0.296. The van der Waals surface area contributed by atoms with Gasteiger partial charge in [-0.2, -0.15) is 0 Å². The molecule has 0 amide bonds. The van der Waals surface area contributed by atoms with E-state index >= 15 is 0 Å². The van der Waals surface area contributed by atoms with E-state index in [4.69, 9.17) is 37.4 Å². The van der Waals surface area contributed by atoms with Gasteiger partial charge in [0.25, 0.3) is 0 Å². The summed E-state index contributed by atoms with van der Waals surface area (Å²) in [4.78, 5) is 4.46. The lowest BCUT2D eigenvalue weighted by Gasteiger charge is -2.08. The van der Waals surface area contributed by atoms with Gasteiger partial charge < -0.3 is 14.2 Å². The number of benzene rings is 2. The molecule has 2 aromatic carbocycles. The quantitative estimate of drug-likeness (QED) is 0.373. The minimum Gasteiger partial charge on any atom is -0.493 e. The third kappa shape index (κ3) is 3.51. The van der Waals surface area contributed by atoms with E-state index < -0.39 is 0 Å². The van der Waals surface area contributed by atoms with E-state index in [0.717, 1.165) is 27.3 Å². The standard InChI is InChI=1S/C20H16Cl2N2O3S/c1-25-18-7-16-17(8-19(18)26-2)24(11-23-16)20-6-12(10-28-20)27-9-13-14(21)4-3-5-15(13)22/h3-8,10-11H,9H2,1-2H3. The van der Waals surface area contributed by atoms with Crippen LogP contribution in [0.4, 0.5) is 0 Å². The van der Waals surface area contributed by atoms with Crippen molar-refractivity contribution in [2.75, 3.05) is 14.2 Å². The van der Waals surface area contributed by atoms with Crippen LogP contribution < -0.4 is 14.2 Å². The third-order valence-corrected chi connectivity index (χ3v) is 5.91. The van der Waals surface area contributed by atoms with Crippen molar-refractivity contribution >= 4 is 45.6 Å². The Morgan fingerprint density at radius 3 is 2.46 bits per heavy atom. The smallest absolute Gasteiger partial charge is 0.163 e. The fourth-order valence-corrected chi connectivity index (χ4v) is 4.17. The van der Waals surface area contributed by atoms with E-state index in [2.05, 4.69) is 4.98 Å². The van der Waals surface area contributed by atoms with Gasteiger partial charge in [0.1, 0.15) is 23.7 Å². The van der Waals surface area contributed by atoms with Crippen molar-refractivity contribution < 1.29 is 14.2 Å². The van der Waals surface area contributed by atoms with Crippen LogP contribution in [0.25, 0.3) is 16.0 Å². The van der Waals surface area contributed by atoms with Gasteiger partial charge in [-0.15, -0.1) is 11.3 Å². The van der Waals surface area contributed by atoms with Crippen molar-refractivity contribution in [3.8, 4) is 22.2 Å². The number of methoxy groups -OCH3 is 2. The topological polar surface area (TPSA) is 45.5 Å². The maximum Gasteiger partial charge on any atom is 0.163 e. The van der Waals surface area contributed by atoms with Gasteiger partial charge >= 0.3 is 0 Å². The predicted octanol–water partition coefficient (Wildman–Crippen LogP) is 5.99. The average Bonchev–Trinajstić information content (AvgIpc) is 3.32. The number of fused-ring (bicyclic) bond motifs is 1. The maximum absolute atomic E-state index is 6.20. The summed E-state index contributed by atoms with van der Waals surface area (Å²) in [6.45, 7) is 0.296. The van der Waals surface area contributed by atoms with Gasteiger partial charge in [-0.05, 0) is 12.1 Å². The number of hydrogen-bond donors (Lipinski definition) is 0. The lowest BCUT2D eigenvalue weighted by atomic mass is 10.2. The largest absolute Gasteiger partial charge is 0.493 e. The highest BCUT2D eigenvalue weighted by atomic mass is 35.5. The Morgan fingerprint density at radius 1 is 1.04 bits per heavy atom. The molecule has 0 radical (unpaired) electrons. The number of imidazole rings is 1. The molecule has 0 saturated carbocycles. The van der Waals surface area contributed by atoms with E-state index in [0.29, 0.717) is 28.2 Å². The number of rotatable bonds is 6. The van der Waals surface area contributed by atoms with Gasteiger partial charge in [-0.1, -0.05) is 29.3 Å². The first-order chi connectivity index (χ1) is 13.6. The van der Waals surface area contributed by atoms with Gasteiger partial charge in [0, 0.05) is 39.2 Å². The van der Waals surface area contributed by atoms with E-state index in [9.17, 15) is 0 Å². The maximum atomic E-state index is 6.20. The number of halogens is 2. The average molecular weight is 435 g/mol. The molecule has 0 fully saturated rings. The van der Waals surface area contributed by atoms with Gasteiger partial charge in [-0.25, -0.2) is 4.98 Å². The molecule has 0 spiro atoms. The molecule has 0 atom stereocenters. The highest BCUT2D eigenvalue weighted by molar-refractivity contribution is 7.12. The zero-order valence-corrected chi connectivity index (χ0v) is 17.4. The van der Waals surface area contributed by atoms with E-state index in [-0.39, 0.29) is 0 Å². The van der Waals surface area contributed by atoms with Crippen molar-refractivity contribution in [2.45, 2.75) is 6.61 Å². The van der Waals surface area contributed by atoms with Gasteiger partial charge in [0.2, 0.25) is 0 Å². The molecule has 0 bridgehead atoms. The normalized spacial score (nSPS) is 11.0. The third-order valence-electron chi connectivity index (χ3n) is 4.30. The summed E-state index contributed by atoms with van der Waals surface area (Å²) in [5.41, 5.74) is 2.50. The number of ether oxygens (including phenoxy) is 3. The Morgan fingerprint density at radius 2 is 1.75 bits per heavy atom. The van der Waals surface area contributed by atoms with E-state index in [1.165, 1.54) is 0 Å². The summed E-state index contributed by atoms with van der Waals surface area (Å²) in [6.07, 6.45) is 1.77.